The van der Waals surface area contributed by atoms with Gasteiger partial charge < -0.3 is 9.64 Å². The molecule has 1 heterocycles. The molecule has 1 aliphatic rings. The molecule has 0 fully saturated rings. The SMILES string of the molecule is CC(C)C[C@H](N[C@H](CCN1C(=O)c2cc3ccccc3cc2C1=O)C(=O)OC(C)(C)C)C(=O)N(C)C. The van der Waals surface area contributed by atoms with Crippen molar-refractivity contribution in [3.8, 4) is 0 Å². The maximum atomic E-state index is 13.1. The first kappa shape index (κ1) is 27.3. The van der Waals surface area contributed by atoms with Crippen molar-refractivity contribution in [2.45, 2.75) is 65.1 Å². The Morgan fingerprint density at radius 3 is 1.94 bits per heavy atom. The van der Waals surface area contributed by atoms with Gasteiger partial charge >= 0.3 is 5.97 Å². The Hall–Kier alpha value is -3.26. The summed E-state index contributed by atoms with van der Waals surface area (Å²) in [5.41, 5.74) is -0.00644. The fourth-order valence-electron chi connectivity index (χ4n) is 4.35. The fraction of sp³-hybridized carbons (Fsp3) is 0.500. The van der Waals surface area contributed by atoms with Gasteiger partial charge in [0.15, 0.2) is 0 Å². The second kappa shape index (κ2) is 10.8. The van der Waals surface area contributed by atoms with E-state index in [0.717, 1.165) is 10.8 Å². The number of benzene rings is 2. The van der Waals surface area contributed by atoms with Crippen LogP contribution in [0, 0.1) is 5.92 Å². The van der Waals surface area contributed by atoms with E-state index in [-0.39, 0.29) is 36.6 Å². The van der Waals surface area contributed by atoms with Crippen LogP contribution in [-0.2, 0) is 14.3 Å². The molecular weight excluding hydrogens is 458 g/mol. The molecule has 3 amide bonds. The first-order valence-corrected chi connectivity index (χ1v) is 12.4. The standard InChI is InChI=1S/C28H37N3O5/c1-17(2)14-23(26(34)30(6)7)29-22(27(35)36-28(3,4)5)12-13-31-24(32)20-15-18-10-8-9-11-19(18)16-21(20)25(31)33/h8-11,15-17,22-23,29H,12-14H2,1-7H3/t22-,23+/m1/s1. The molecule has 1 N–H and O–H groups in total. The average molecular weight is 496 g/mol. The zero-order chi connectivity index (χ0) is 26.8. The Balaban J connectivity index is 1.83. The van der Waals surface area contributed by atoms with Gasteiger partial charge in [0.25, 0.3) is 11.8 Å². The molecule has 36 heavy (non-hydrogen) atoms. The van der Waals surface area contributed by atoms with Crippen LogP contribution < -0.4 is 5.32 Å². The van der Waals surface area contributed by atoms with Crippen LogP contribution in [0.5, 0.6) is 0 Å². The van der Waals surface area contributed by atoms with E-state index in [4.69, 9.17) is 4.74 Å². The first-order chi connectivity index (χ1) is 16.8. The summed E-state index contributed by atoms with van der Waals surface area (Å²) in [6.45, 7) is 9.34. The Bertz CT molecular complexity index is 1110. The highest BCUT2D eigenvalue weighted by Crippen LogP contribution is 2.28. The number of carbonyl (C=O) groups excluding carboxylic acids is 4. The van der Waals surface area contributed by atoms with Crippen molar-refractivity contribution in [1.29, 1.82) is 0 Å². The Morgan fingerprint density at radius 1 is 0.972 bits per heavy atom. The van der Waals surface area contributed by atoms with Gasteiger partial charge in [-0.2, -0.15) is 0 Å². The lowest BCUT2D eigenvalue weighted by atomic mass is 10.0. The first-order valence-electron chi connectivity index (χ1n) is 12.4. The van der Waals surface area contributed by atoms with Crippen molar-refractivity contribution < 1.29 is 23.9 Å². The van der Waals surface area contributed by atoms with E-state index in [0.29, 0.717) is 17.5 Å². The average Bonchev–Trinajstić information content (AvgIpc) is 3.01. The van der Waals surface area contributed by atoms with E-state index in [2.05, 4.69) is 5.32 Å². The third-order valence-electron chi connectivity index (χ3n) is 6.02. The summed E-state index contributed by atoms with van der Waals surface area (Å²) in [6.07, 6.45) is 0.644. The van der Waals surface area contributed by atoms with Crippen LogP contribution in [-0.4, -0.2) is 71.8 Å². The smallest absolute Gasteiger partial charge is 0.323 e. The minimum atomic E-state index is -0.875. The van der Waals surface area contributed by atoms with E-state index in [1.165, 1.54) is 9.80 Å². The van der Waals surface area contributed by atoms with Gasteiger partial charge in [0.05, 0.1) is 17.2 Å². The number of nitrogens with zero attached hydrogens (tertiary/aromatic N) is 2. The molecule has 2 aromatic rings. The quantitative estimate of drug-likeness (QED) is 0.422. The van der Waals surface area contributed by atoms with Gasteiger partial charge in [0, 0.05) is 20.6 Å². The van der Waals surface area contributed by atoms with Crippen LogP contribution >= 0.6 is 0 Å². The van der Waals surface area contributed by atoms with E-state index < -0.39 is 23.7 Å². The van der Waals surface area contributed by atoms with Crippen LogP contribution in [0.4, 0.5) is 0 Å². The summed E-state index contributed by atoms with van der Waals surface area (Å²) in [5, 5.41) is 4.94. The van der Waals surface area contributed by atoms with E-state index in [1.54, 1.807) is 47.0 Å². The Morgan fingerprint density at radius 2 is 1.50 bits per heavy atom. The van der Waals surface area contributed by atoms with Crippen LogP contribution in [0.15, 0.2) is 36.4 Å². The molecule has 194 valence electrons. The van der Waals surface area contributed by atoms with Gasteiger partial charge in [-0.15, -0.1) is 0 Å². The van der Waals surface area contributed by atoms with Gasteiger partial charge in [0.1, 0.15) is 11.6 Å². The number of imide groups is 1. The molecule has 0 spiro atoms. The van der Waals surface area contributed by atoms with E-state index >= 15 is 0 Å². The molecule has 0 saturated heterocycles. The van der Waals surface area contributed by atoms with Crippen molar-refractivity contribution in [1.82, 2.24) is 15.1 Å². The largest absolute Gasteiger partial charge is 0.459 e. The van der Waals surface area contributed by atoms with Crippen molar-refractivity contribution in [2.75, 3.05) is 20.6 Å². The summed E-state index contributed by atoms with van der Waals surface area (Å²) in [7, 11) is 3.34. The number of hydrogen-bond acceptors (Lipinski definition) is 6. The number of fused-ring (bicyclic) bond motifs is 2. The summed E-state index contributed by atoms with van der Waals surface area (Å²) in [6, 6.07) is 9.56. The third kappa shape index (κ3) is 6.29. The monoisotopic (exact) mass is 495 g/mol. The van der Waals surface area contributed by atoms with Crippen molar-refractivity contribution in [2.24, 2.45) is 5.92 Å². The lowest BCUT2D eigenvalue weighted by molar-refractivity contribution is -0.158. The molecular formula is C28H37N3O5. The van der Waals surface area contributed by atoms with E-state index in [9.17, 15) is 19.2 Å². The summed E-state index contributed by atoms with van der Waals surface area (Å²) in [5.74, 6) is -1.23. The maximum absolute atomic E-state index is 13.1. The fourth-order valence-corrected chi connectivity index (χ4v) is 4.35. The summed E-state index contributed by atoms with van der Waals surface area (Å²) in [4.78, 5) is 54.9. The second-order valence-corrected chi connectivity index (χ2v) is 11.0. The minimum absolute atomic E-state index is 0.0180. The molecule has 2 aromatic carbocycles. The van der Waals surface area contributed by atoms with Gasteiger partial charge in [-0.3, -0.25) is 29.4 Å². The van der Waals surface area contributed by atoms with Gasteiger partial charge in [-0.25, -0.2) is 0 Å². The summed E-state index contributed by atoms with van der Waals surface area (Å²) >= 11 is 0. The number of nitrogens with one attached hydrogen (secondary N) is 1. The molecule has 1 aliphatic heterocycles. The molecule has 8 heteroatoms. The number of carbonyl (C=O) groups is 4. The molecule has 8 nitrogen and oxygen atoms in total. The maximum Gasteiger partial charge on any atom is 0.323 e. The molecule has 0 unspecified atom stereocenters. The van der Waals surface area contributed by atoms with Crippen molar-refractivity contribution in [3.63, 3.8) is 0 Å². The molecule has 0 radical (unpaired) electrons. The van der Waals surface area contributed by atoms with Crippen LogP contribution in [0.25, 0.3) is 10.8 Å². The zero-order valence-corrected chi connectivity index (χ0v) is 22.3. The number of ether oxygens (including phenoxy) is 1. The Labute approximate surface area is 213 Å². The molecule has 3 rings (SSSR count). The van der Waals surface area contributed by atoms with Gasteiger partial charge in [0.2, 0.25) is 5.91 Å². The van der Waals surface area contributed by atoms with Crippen molar-refractivity contribution >= 4 is 34.5 Å². The normalized spacial score (nSPS) is 15.3. The Kier molecular flexibility index (Phi) is 8.19. The number of amides is 3. The number of hydrogen-bond donors (Lipinski definition) is 1. The molecule has 0 aromatic heterocycles. The summed E-state index contributed by atoms with van der Waals surface area (Å²) < 4.78 is 5.61. The highest BCUT2D eigenvalue weighted by Gasteiger charge is 2.38. The predicted molar refractivity (Wildman–Crippen MR) is 139 cm³/mol. The van der Waals surface area contributed by atoms with Gasteiger partial charge in [-0.05, 0) is 62.4 Å². The molecule has 2 atom stereocenters. The van der Waals surface area contributed by atoms with Crippen LogP contribution in [0.3, 0.4) is 0 Å². The van der Waals surface area contributed by atoms with E-state index in [1.807, 2.05) is 38.1 Å². The topological polar surface area (TPSA) is 96.0 Å². The van der Waals surface area contributed by atoms with Crippen LogP contribution in [0.1, 0.15) is 68.2 Å². The number of rotatable bonds is 9. The second-order valence-electron chi connectivity index (χ2n) is 11.0. The molecule has 0 saturated carbocycles. The third-order valence-corrected chi connectivity index (χ3v) is 6.02. The highest BCUT2D eigenvalue weighted by molar-refractivity contribution is 6.23. The highest BCUT2D eigenvalue weighted by atomic mass is 16.6. The number of likely N-dealkylation sites (N-methyl/N-ethyl adjacent to an activating group) is 1. The lowest BCUT2D eigenvalue weighted by Crippen LogP contribution is -2.53. The zero-order valence-electron chi connectivity index (χ0n) is 22.3. The van der Waals surface area contributed by atoms with Crippen molar-refractivity contribution in [3.05, 3.63) is 47.5 Å². The van der Waals surface area contributed by atoms with Crippen LogP contribution in [0.2, 0.25) is 0 Å². The van der Waals surface area contributed by atoms with Gasteiger partial charge in [-0.1, -0.05) is 38.1 Å². The predicted octanol–water partition coefficient (Wildman–Crippen LogP) is 3.63. The molecule has 0 bridgehead atoms. The molecule has 0 aliphatic carbocycles. The lowest BCUT2D eigenvalue weighted by Gasteiger charge is -2.30. The number of esters is 1. The minimum Gasteiger partial charge on any atom is -0.459 e.